The largest absolute Gasteiger partial charge is 0.480 e. The summed E-state index contributed by atoms with van der Waals surface area (Å²) in [5.41, 5.74) is 3.90. The van der Waals surface area contributed by atoms with Gasteiger partial charge in [-0.05, 0) is 22.3 Å². The molecule has 0 fully saturated rings. The molecular formula is C18H17NO5. The summed E-state index contributed by atoms with van der Waals surface area (Å²) >= 11 is 0. The fraction of sp³-hybridized carbons (Fsp3) is 0.222. The van der Waals surface area contributed by atoms with Crippen molar-refractivity contribution in [2.75, 3.05) is 13.2 Å². The van der Waals surface area contributed by atoms with Gasteiger partial charge in [-0.15, -0.1) is 0 Å². The molecule has 1 atom stereocenters. The zero-order chi connectivity index (χ0) is 19.8. The number of benzene rings is 2. The summed E-state index contributed by atoms with van der Waals surface area (Å²) in [6.45, 7) is -3.64. The number of carboxylic acids is 1. The molecule has 0 radical (unpaired) electrons. The predicted molar refractivity (Wildman–Crippen MR) is 86.7 cm³/mol. The minimum absolute atomic E-state index is 0.135. The minimum Gasteiger partial charge on any atom is -0.480 e. The first-order valence-corrected chi connectivity index (χ1v) is 7.24. The Morgan fingerprint density at radius 2 is 1.71 bits per heavy atom. The molecule has 0 aromatic heterocycles. The van der Waals surface area contributed by atoms with Gasteiger partial charge >= 0.3 is 12.1 Å². The molecule has 6 heteroatoms. The van der Waals surface area contributed by atoms with Crippen molar-refractivity contribution >= 4 is 12.1 Å². The number of amides is 1. The van der Waals surface area contributed by atoms with Crippen molar-refractivity contribution in [2.24, 2.45) is 0 Å². The summed E-state index contributed by atoms with van der Waals surface area (Å²) in [4.78, 5) is 23.1. The Morgan fingerprint density at radius 1 is 1.17 bits per heavy atom. The predicted octanol–water partition coefficient (Wildman–Crippen LogP) is 1.97. The minimum atomic E-state index is -3.51. The van der Waals surface area contributed by atoms with E-state index in [0.29, 0.717) is 0 Å². The summed E-state index contributed by atoms with van der Waals surface area (Å²) in [6.07, 6.45) is -1.31. The van der Waals surface area contributed by atoms with Crippen molar-refractivity contribution in [1.82, 2.24) is 5.32 Å². The average molecular weight is 330 g/mol. The smallest absolute Gasteiger partial charge is 0.407 e. The van der Waals surface area contributed by atoms with Crippen LogP contribution in [0.2, 0.25) is 0 Å². The topological polar surface area (TPSA) is 95.9 Å². The molecule has 24 heavy (non-hydrogen) atoms. The standard InChI is InChI=1S/C18H17NO5/c20-9-16(17(21)22)19-18(23)24-10-15-13-7-3-1-5-11(13)12-6-2-4-8-14(12)15/h1-8,15-16,20H,9-10H2,(H,19,23)(H,21,22)/t16-/m1/s1/i9D2,16D. The van der Waals surface area contributed by atoms with Crippen LogP contribution in [-0.2, 0) is 9.53 Å². The lowest BCUT2D eigenvalue weighted by atomic mass is 9.98. The van der Waals surface area contributed by atoms with Crippen molar-refractivity contribution in [3.05, 3.63) is 59.7 Å². The lowest BCUT2D eigenvalue weighted by Gasteiger charge is -2.16. The van der Waals surface area contributed by atoms with E-state index < -0.39 is 24.6 Å². The fourth-order valence-corrected chi connectivity index (χ4v) is 2.87. The Kier molecular flexibility index (Phi) is 3.51. The highest BCUT2D eigenvalue weighted by molar-refractivity contribution is 5.81. The van der Waals surface area contributed by atoms with E-state index in [9.17, 15) is 14.7 Å². The Morgan fingerprint density at radius 3 is 2.21 bits per heavy atom. The van der Waals surface area contributed by atoms with Crippen molar-refractivity contribution in [3.63, 3.8) is 0 Å². The van der Waals surface area contributed by atoms with Crippen LogP contribution in [0, 0.1) is 0 Å². The third-order valence-corrected chi connectivity index (χ3v) is 3.90. The van der Waals surface area contributed by atoms with Crippen LogP contribution in [0.1, 0.15) is 21.2 Å². The number of alkyl carbamates (subject to hydrolysis) is 1. The zero-order valence-electron chi connectivity index (χ0n) is 15.5. The molecule has 0 unspecified atom stereocenters. The highest BCUT2D eigenvalue weighted by Gasteiger charge is 2.29. The SMILES string of the molecule is [2H]C([2H])(O)[C@@]([2H])(NC(=O)OCC1c2ccccc2-c2ccccc21)C(=O)O. The van der Waals surface area contributed by atoms with E-state index in [0.717, 1.165) is 22.3 Å². The lowest BCUT2D eigenvalue weighted by molar-refractivity contribution is -0.140. The van der Waals surface area contributed by atoms with Crippen molar-refractivity contribution in [1.29, 1.82) is 0 Å². The van der Waals surface area contributed by atoms with Crippen LogP contribution in [-0.4, -0.2) is 41.5 Å². The number of ether oxygens (including phenoxy) is 1. The van der Waals surface area contributed by atoms with Gasteiger partial charge in [-0.3, -0.25) is 0 Å². The first kappa shape index (κ1) is 12.5. The van der Waals surface area contributed by atoms with Gasteiger partial charge in [0.1, 0.15) is 6.61 Å². The first-order valence-electron chi connectivity index (χ1n) is 8.74. The molecule has 0 aliphatic heterocycles. The molecule has 0 spiro atoms. The summed E-state index contributed by atoms with van der Waals surface area (Å²) in [5, 5.41) is 19.9. The molecule has 1 amide bonds. The third-order valence-electron chi connectivity index (χ3n) is 3.90. The molecule has 2 aromatic rings. The van der Waals surface area contributed by atoms with Gasteiger partial charge in [0.15, 0.2) is 6.02 Å². The molecule has 0 heterocycles. The van der Waals surface area contributed by atoms with Crippen LogP contribution < -0.4 is 5.32 Å². The van der Waals surface area contributed by atoms with Gasteiger partial charge in [0.25, 0.3) is 0 Å². The van der Waals surface area contributed by atoms with Crippen LogP contribution in [0.4, 0.5) is 4.79 Å². The molecule has 0 saturated carbocycles. The van der Waals surface area contributed by atoms with E-state index in [-0.39, 0.29) is 12.5 Å². The monoisotopic (exact) mass is 330 g/mol. The maximum atomic E-state index is 12.0. The molecule has 0 saturated heterocycles. The number of aliphatic carboxylic acids is 1. The number of carbonyl (C=O) groups excluding carboxylic acids is 1. The van der Waals surface area contributed by atoms with Gasteiger partial charge in [0.05, 0.1) is 10.7 Å². The molecular weight excluding hydrogens is 310 g/mol. The van der Waals surface area contributed by atoms with Gasteiger partial charge in [-0.1, -0.05) is 48.5 Å². The van der Waals surface area contributed by atoms with Crippen LogP contribution in [0.15, 0.2) is 48.5 Å². The van der Waals surface area contributed by atoms with Gasteiger partial charge in [-0.2, -0.15) is 0 Å². The van der Waals surface area contributed by atoms with E-state index in [2.05, 4.69) is 0 Å². The van der Waals surface area contributed by atoms with Gasteiger partial charge in [0.2, 0.25) is 0 Å². The second kappa shape index (κ2) is 6.72. The van der Waals surface area contributed by atoms with Gasteiger partial charge in [-0.25, -0.2) is 9.59 Å². The highest BCUT2D eigenvalue weighted by atomic mass is 16.5. The fourth-order valence-electron chi connectivity index (χ4n) is 2.87. The Labute approximate surface area is 142 Å². The van der Waals surface area contributed by atoms with Crippen LogP contribution >= 0.6 is 0 Å². The second-order valence-electron chi connectivity index (χ2n) is 5.24. The summed E-state index contributed by atoms with van der Waals surface area (Å²) in [6, 6.07) is 11.9. The van der Waals surface area contributed by atoms with Crippen LogP contribution in [0.25, 0.3) is 11.1 Å². The molecule has 1 aliphatic carbocycles. The number of rotatable bonds is 5. The van der Waals surface area contributed by atoms with Crippen molar-refractivity contribution in [2.45, 2.75) is 11.9 Å². The number of carbonyl (C=O) groups is 2. The van der Waals surface area contributed by atoms with E-state index in [1.807, 2.05) is 48.5 Å². The van der Waals surface area contributed by atoms with E-state index in [1.54, 1.807) is 5.32 Å². The number of fused-ring (bicyclic) bond motifs is 3. The van der Waals surface area contributed by atoms with Crippen molar-refractivity contribution < 1.29 is 28.7 Å². The Balaban J connectivity index is 1.77. The maximum Gasteiger partial charge on any atom is 0.407 e. The van der Waals surface area contributed by atoms with Crippen LogP contribution in [0.5, 0.6) is 0 Å². The summed E-state index contributed by atoms with van der Waals surface area (Å²) < 4.78 is 26.8. The number of aliphatic hydroxyl groups is 1. The number of hydrogen-bond donors (Lipinski definition) is 3. The number of nitrogens with one attached hydrogen (secondary N) is 1. The number of carboxylic acid groups (broad SMARTS) is 1. The third kappa shape index (κ3) is 2.96. The van der Waals surface area contributed by atoms with E-state index >= 15 is 0 Å². The molecule has 3 N–H and O–H groups in total. The quantitative estimate of drug-likeness (QED) is 0.779. The van der Waals surface area contributed by atoms with E-state index in [4.69, 9.17) is 14.0 Å². The molecule has 6 nitrogen and oxygen atoms in total. The lowest BCUT2D eigenvalue weighted by Crippen LogP contribution is -2.43. The Bertz CT molecular complexity index is 853. The van der Waals surface area contributed by atoms with Gasteiger partial charge < -0.3 is 20.3 Å². The molecule has 2 aromatic carbocycles. The maximum absolute atomic E-state index is 12.0. The molecule has 1 aliphatic rings. The molecule has 3 rings (SSSR count). The molecule has 0 bridgehead atoms. The van der Waals surface area contributed by atoms with Crippen LogP contribution in [0.3, 0.4) is 0 Å². The Hall–Kier alpha value is -2.86. The summed E-state index contributed by atoms with van der Waals surface area (Å²) in [7, 11) is 0. The average Bonchev–Trinajstić information content (AvgIpc) is 2.93. The van der Waals surface area contributed by atoms with Crippen molar-refractivity contribution in [3.8, 4) is 11.1 Å². The van der Waals surface area contributed by atoms with E-state index in [1.165, 1.54) is 0 Å². The van der Waals surface area contributed by atoms with Gasteiger partial charge in [0, 0.05) is 5.92 Å². The highest BCUT2D eigenvalue weighted by Crippen LogP contribution is 2.44. The second-order valence-corrected chi connectivity index (χ2v) is 5.24. The molecule has 124 valence electrons. The first-order chi connectivity index (χ1) is 12.6. The zero-order valence-corrected chi connectivity index (χ0v) is 12.5. The number of hydrogen-bond acceptors (Lipinski definition) is 4. The summed E-state index contributed by atoms with van der Waals surface area (Å²) in [5.74, 6) is -2.33. The normalized spacial score (nSPS) is 17.5.